The zero-order valence-electron chi connectivity index (χ0n) is 14.6. The standard InChI is InChI=1S/C20H27NO4/c1-8-3-18-6-10-13-17(2)4-9(22)5-19(13)14(18)12(23)11(8)15(24)20(18,25)16(19)21(10)7-17/h9-16,22-25H,1,3-7H2,2H3/t9-,10-,11+,12+,13+,14+,15-,16-,17-,18+,19-,20-/m0/s1. The summed E-state index contributed by atoms with van der Waals surface area (Å²) in [6.45, 7) is 7.38. The highest BCUT2D eigenvalue weighted by atomic mass is 16.4. The molecule has 1 unspecified atom stereocenters. The largest absolute Gasteiger partial charge is 0.393 e. The number of hydrogen-bond acceptors (Lipinski definition) is 5. The average Bonchev–Trinajstić information content (AvgIpc) is 2.90. The number of aliphatic hydroxyl groups is 4. The Morgan fingerprint density at radius 3 is 2.64 bits per heavy atom. The molecule has 136 valence electrons. The van der Waals surface area contributed by atoms with Crippen molar-refractivity contribution in [1.82, 2.24) is 4.90 Å². The van der Waals surface area contributed by atoms with E-state index in [4.69, 9.17) is 0 Å². The van der Waals surface area contributed by atoms with E-state index >= 15 is 0 Å². The molecule has 5 nitrogen and oxygen atoms in total. The van der Waals surface area contributed by atoms with E-state index in [1.807, 2.05) is 0 Å². The molecule has 5 heteroatoms. The molecule has 0 radical (unpaired) electrons. The SMILES string of the molecule is C=C1C[C@@]23C[C@H]4[C@@H]5[C@@]6(C)C[C@H](O)C[C@@]57[C@@H]2[C@H](O)[C@@H]1[C@H](O)[C@]3(O)[C@H]7N4C6. The molecule has 13 atom stereocenters. The lowest BCUT2D eigenvalue weighted by molar-refractivity contribution is -0.280. The van der Waals surface area contributed by atoms with Crippen LogP contribution < -0.4 is 0 Å². The molecular weight excluding hydrogens is 318 g/mol. The van der Waals surface area contributed by atoms with E-state index in [1.54, 1.807) is 0 Å². The van der Waals surface area contributed by atoms with Gasteiger partial charge < -0.3 is 20.4 Å². The van der Waals surface area contributed by atoms with E-state index in [9.17, 15) is 20.4 Å². The van der Waals surface area contributed by atoms with Crippen molar-refractivity contribution in [2.75, 3.05) is 6.54 Å². The predicted octanol–water partition coefficient (Wildman–Crippen LogP) is -0.121. The molecule has 6 aliphatic carbocycles. The highest BCUT2D eigenvalue weighted by molar-refractivity contribution is 5.48. The molecular formula is C20H27NO4. The van der Waals surface area contributed by atoms with Crippen LogP contribution in [0.1, 0.15) is 32.6 Å². The van der Waals surface area contributed by atoms with Gasteiger partial charge in [0, 0.05) is 41.3 Å². The van der Waals surface area contributed by atoms with Gasteiger partial charge in [-0.15, -0.1) is 0 Å². The highest BCUT2D eigenvalue weighted by Gasteiger charge is 2.94. The maximum atomic E-state index is 12.1. The second kappa shape index (κ2) is 3.49. The number of nitrogens with zero attached hydrogens (tertiary/aromatic N) is 1. The minimum Gasteiger partial charge on any atom is -0.393 e. The number of fused-ring (bicyclic) bond motifs is 1. The molecule has 2 spiro atoms. The van der Waals surface area contributed by atoms with Gasteiger partial charge in [-0.05, 0) is 37.0 Å². The van der Waals surface area contributed by atoms with Crippen molar-refractivity contribution in [3.05, 3.63) is 12.2 Å². The fraction of sp³-hybridized carbons (Fsp3) is 0.900. The van der Waals surface area contributed by atoms with Crippen molar-refractivity contribution in [2.45, 2.75) is 68.6 Å². The van der Waals surface area contributed by atoms with Crippen molar-refractivity contribution < 1.29 is 20.4 Å². The first kappa shape index (κ1) is 14.6. The van der Waals surface area contributed by atoms with Gasteiger partial charge in [0.2, 0.25) is 0 Å². The highest BCUT2D eigenvalue weighted by Crippen LogP contribution is 2.87. The van der Waals surface area contributed by atoms with Gasteiger partial charge in [0.25, 0.3) is 0 Å². The molecule has 0 aromatic rings. The Kier molecular flexibility index (Phi) is 2.04. The lowest BCUT2D eigenvalue weighted by atomic mass is 9.39. The molecule has 9 rings (SSSR count). The monoisotopic (exact) mass is 345 g/mol. The zero-order valence-corrected chi connectivity index (χ0v) is 14.6. The van der Waals surface area contributed by atoms with E-state index in [-0.39, 0.29) is 28.9 Å². The van der Waals surface area contributed by atoms with Crippen LogP contribution in [0, 0.1) is 34.0 Å². The summed E-state index contributed by atoms with van der Waals surface area (Å²) >= 11 is 0. The van der Waals surface area contributed by atoms with Gasteiger partial charge in [-0.25, -0.2) is 0 Å². The third kappa shape index (κ3) is 1.02. The maximum Gasteiger partial charge on any atom is 0.113 e. The number of piperidine rings is 2. The van der Waals surface area contributed by atoms with Gasteiger partial charge >= 0.3 is 0 Å². The van der Waals surface area contributed by atoms with Crippen LogP contribution in [0.2, 0.25) is 0 Å². The Balaban J connectivity index is 1.57. The second-order valence-corrected chi connectivity index (χ2v) is 10.9. The lowest BCUT2D eigenvalue weighted by Gasteiger charge is -2.67. The number of rotatable bonds is 0. The fourth-order valence-electron chi connectivity index (χ4n) is 10.7. The molecule has 9 aliphatic rings. The topological polar surface area (TPSA) is 84.2 Å². The van der Waals surface area contributed by atoms with Crippen molar-refractivity contribution in [1.29, 1.82) is 0 Å². The first-order valence-electron chi connectivity index (χ1n) is 9.92. The van der Waals surface area contributed by atoms with E-state index in [2.05, 4.69) is 18.4 Å². The average molecular weight is 345 g/mol. The van der Waals surface area contributed by atoms with Crippen molar-refractivity contribution in [3.8, 4) is 0 Å². The smallest absolute Gasteiger partial charge is 0.113 e. The molecule has 3 heterocycles. The van der Waals surface area contributed by atoms with Gasteiger partial charge in [-0.1, -0.05) is 19.1 Å². The van der Waals surface area contributed by atoms with E-state index < -0.39 is 29.1 Å². The van der Waals surface area contributed by atoms with Gasteiger partial charge in [0.15, 0.2) is 0 Å². The quantitative estimate of drug-likeness (QED) is 0.460. The van der Waals surface area contributed by atoms with Crippen LogP contribution in [0.15, 0.2) is 12.2 Å². The van der Waals surface area contributed by atoms with Crippen LogP contribution in [0.3, 0.4) is 0 Å². The van der Waals surface area contributed by atoms with Crippen LogP contribution in [-0.2, 0) is 0 Å². The van der Waals surface area contributed by atoms with Crippen molar-refractivity contribution in [3.63, 3.8) is 0 Å². The zero-order chi connectivity index (χ0) is 17.3. The lowest BCUT2D eigenvalue weighted by Crippen LogP contribution is -2.76. The summed E-state index contributed by atoms with van der Waals surface area (Å²) in [4.78, 5) is 2.49. The number of hydrogen-bond donors (Lipinski definition) is 4. The Labute approximate surface area is 147 Å². The molecule has 3 saturated heterocycles. The Morgan fingerprint density at radius 1 is 1.12 bits per heavy atom. The molecule has 9 fully saturated rings. The molecule has 0 aromatic heterocycles. The van der Waals surface area contributed by atoms with E-state index in [0.717, 1.165) is 31.4 Å². The Bertz CT molecular complexity index is 756. The van der Waals surface area contributed by atoms with Crippen molar-refractivity contribution in [2.24, 2.45) is 34.0 Å². The van der Waals surface area contributed by atoms with Gasteiger partial charge in [0.1, 0.15) is 5.60 Å². The summed E-state index contributed by atoms with van der Waals surface area (Å²) in [5.41, 5.74) is -0.886. The summed E-state index contributed by atoms with van der Waals surface area (Å²) in [6, 6.07) is 0.320. The first-order chi connectivity index (χ1) is 11.7. The summed E-state index contributed by atoms with van der Waals surface area (Å²) in [5.74, 6) is -0.0124. The van der Waals surface area contributed by atoms with Crippen LogP contribution in [0.5, 0.6) is 0 Å². The van der Waals surface area contributed by atoms with Gasteiger partial charge in [-0.2, -0.15) is 0 Å². The summed E-state index contributed by atoms with van der Waals surface area (Å²) in [7, 11) is 0. The minimum atomic E-state index is -1.16. The van der Waals surface area contributed by atoms with Crippen LogP contribution in [0.4, 0.5) is 0 Å². The summed E-state index contributed by atoms with van der Waals surface area (Å²) < 4.78 is 0. The van der Waals surface area contributed by atoms with Crippen molar-refractivity contribution >= 4 is 0 Å². The van der Waals surface area contributed by atoms with Crippen LogP contribution in [-0.4, -0.2) is 67.9 Å². The van der Waals surface area contributed by atoms with Crippen LogP contribution in [0.25, 0.3) is 0 Å². The first-order valence-corrected chi connectivity index (χ1v) is 9.92. The van der Waals surface area contributed by atoms with E-state index in [0.29, 0.717) is 18.4 Å². The normalized spacial score (nSPS) is 76.5. The third-order valence-corrected chi connectivity index (χ3v) is 10.3. The maximum absolute atomic E-state index is 12.1. The Morgan fingerprint density at radius 2 is 1.88 bits per heavy atom. The van der Waals surface area contributed by atoms with Gasteiger partial charge in [-0.3, -0.25) is 4.90 Å². The molecule has 25 heavy (non-hydrogen) atoms. The second-order valence-electron chi connectivity index (χ2n) is 10.9. The van der Waals surface area contributed by atoms with Crippen LogP contribution >= 0.6 is 0 Å². The molecule has 9 bridgehead atoms. The third-order valence-electron chi connectivity index (χ3n) is 10.3. The molecule has 4 N–H and O–H groups in total. The molecule has 3 aliphatic heterocycles. The number of aliphatic hydroxyl groups excluding tert-OH is 3. The molecule has 0 aromatic carbocycles. The minimum absolute atomic E-state index is 0.0188. The fourth-order valence-corrected chi connectivity index (χ4v) is 10.7. The summed E-state index contributed by atoms with van der Waals surface area (Å²) in [6.07, 6.45) is 1.15. The Hall–Kier alpha value is -0.460. The van der Waals surface area contributed by atoms with Gasteiger partial charge in [0.05, 0.1) is 18.3 Å². The summed E-state index contributed by atoms with van der Waals surface area (Å²) in [5, 5.41) is 45.4. The molecule has 0 amide bonds. The molecule has 6 saturated carbocycles. The van der Waals surface area contributed by atoms with E-state index in [1.165, 1.54) is 0 Å². The predicted molar refractivity (Wildman–Crippen MR) is 88.3 cm³/mol.